The first-order chi connectivity index (χ1) is 9.69. The molecule has 6 heteroatoms. The van der Waals surface area contributed by atoms with Crippen LogP contribution in [0.5, 0.6) is 0 Å². The van der Waals surface area contributed by atoms with Crippen LogP contribution in [0.1, 0.15) is 32.9 Å². The Labute approximate surface area is 133 Å². The number of rotatable bonds is 6. The van der Waals surface area contributed by atoms with Crippen LogP contribution in [0.15, 0.2) is 12.4 Å². The van der Waals surface area contributed by atoms with Gasteiger partial charge >= 0.3 is 0 Å². The number of aromatic nitrogens is 4. The molecule has 0 unspecified atom stereocenters. The number of halogens is 1. The van der Waals surface area contributed by atoms with Gasteiger partial charge in [-0.15, -0.1) is 0 Å². The van der Waals surface area contributed by atoms with Crippen molar-refractivity contribution in [3.05, 3.63) is 21.7 Å². The average molecular weight is 385 g/mol. The fourth-order valence-corrected chi connectivity index (χ4v) is 2.68. The molecule has 5 nitrogen and oxygen atoms in total. The lowest BCUT2D eigenvalue weighted by Gasteiger charge is -2.11. The molecule has 0 aliphatic heterocycles. The number of aryl methyl sites for hydroxylation is 2. The molecule has 0 bridgehead atoms. The molecule has 0 aromatic carbocycles. The first kappa shape index (κ1) is 15.2. The quantitative estimate of drug-likeness (QED) is 0.775. The van der Waals surface area contributed by atoms with Crippen LogP contribution in [0.2, 0.25) is 0 Å². The largest absolute Gasteiger partial charge is 0.369 e. The maximum Gasteiger partial charge on any atom is 0.165 e. The van der Waals surface area contributed by atoms with E-state index in [-0.39, 0.29) is 0 Å². The van der Waals surface area contributed by atoms with Crippen LogP contribution >= 0.6 is 22.6 Å². The molecule has 1 N–H and O–H groups in total. The Morgan fingerprint density at radius 3 is 2.65 bits per heavy atom. The van der Waals surface area contributed by atoms with E-state index in [1.807, 2.05) is 17.1 Å². The van der Waals surface area contributed by atoms with Crippen LogP contribution in [-0.2, 0) is 13.0 Å². The third kappa shape index (κ3) is 3.28. The molecular formula is C14H20IN5. The molecule has 2 aromatic heterocycles. The van der Waals surface area contributed by atoms with Gasteiger partial charge in [0.2, 0.25) is 0 Å². The van der Waals surface area contributed by atoms with Crippen molar-refractivity contribution in [3.8, 4) is 11.4 Å². The summed E-state index contributed by atoms with van der Waals surface area (Å²) in [6.45, 7) is 8.11. The molecule has 0 amide bonds. The van der Waals surface area contributed by atoms with Gasteiger partial charge in [0.1, 0.15) is 5.82 Å². The minimum Gasteiger partial charge on any atom is -0.369 e. The fraction of sp³-hybridized carbons (Fsp3) is 0.500. The summed E-state index contributed by atoms with van der Waals surface area (Å²) in [6, 6.07) is 0. The molecule has 0 spiro atoms. The van der Waals surface area contributed by atoms with Gasteiger partial charge in [-0.1, -0.05) is 13.8 Å². The van der Waals surface area contributed by atoms with Gasteiger partial charge in [-0.25, -0.2) is 9.97 Å². The molecule has 0 aliphatic rings. The van der Waals surface area contributed by atoms with E-state index < -0.39 is 0 Å². The molecule has 0 fully saturated rings. The van der Waals surface area contributed by atoms with Gasteiger partial charge in [0.25, 0.3) is 0 Å². The van der Waals surface area contributed by atoms with Crippen LogP contribution in [0.3, 0.4) is 0 Å². The van der Waals surface area contributed by atoms with Gasteiger partial charge in [0.15, 0.2) is 5.82 Å². The summed E-state index contributed by atoms with van der Waals surface area (Å²) >= 11 is 2.32. The highest BCUT2D eigenvalue weighted by Gasteiger charge is 2.13. The molecule has 108 valence electrons. The fourth-order valence-electron chi connectivity index (χ4n) is 1.87. The summed E-state index contributed by atoms with van der Waals surface area (Å²) in [5, 5.41) is 7.68. The van der Waals surface area contributed by atoms with Crippen LogP contribution < -0.4 is 5.32 Å². The van der Waals surface area contributed by atoms with Gasteiger partial charge < -0.3 is 5.32 Å². The van der Waals surface area contributed by atoms with E-state index in [1.54, 1.807) is 0 Å². The Balaban J connectivity index is 2.42. The summed E-state index contributed by atoms with van der Waals surface area (Å²) in [5.74, 6) is 1.68. The minimum absolute atomic E-state index is 0.751. The smallest absolute Gasteiger partial charge is 0.165 e. The third-order valence-corrected chi connectivity index (χ3v) is 4.15. The van der Waals surface area contributed by atoms with E-state index >= 15 is 0 Å². The zero-order chi connectivity index (χ0) is 14.5. The summed E-state index contributed by atoms with van der Waals surface area (Å²) < 4.78 is 3.01. The van der Waals surface area contributed by atoms with Crippen molar-refractivity contribution in [2.24, 2.45) is 0 Å². The third-order valence-electron chi connectivity index (χ3n) is 3.01. The number of nitrogens with zero attached hydrogens (tertiary/aromatic N) is 4. The maximum absolute atomic E-state index is 4.67. The van der Waals surface area contributed by atoms with Crippen LogP contribution in [-0.4, -0.2) is 26.3 Å². The topological polar surface area (TPSA) is 55.6 Å². The molecule has 2 aromatic rings. The molecule has 2 heterocycles. The lowest BCUT2D eigenvalue weighted by atomic mass is 10.2. The van der Waals surface area contributed by atoms with Crippen LogP contribution in [0.25, 0.3) is 11.4 Å². The first-order valence-corrected chi connectivity index (χ1v) is 8.10. The van der Waals surface area contributed by atoms with Gasteiger partial charge in [-0.2, -0.15) is 5.10 Å². The van der Waals surface area contributed by atoms with E-state index in [1.165, 1.54) is 0 Å². The second-order valence-corrected chi connectivity index (χ2v) is 5.60. The van der Waals surface area contributed by atoms with E-state index in [9.17, 15) is 0 Å². The molecule has 0 saturated carbocycles. The highest BCUT2D eigenvalue weighted by molar-refractivity contribution is 14.1. The highest BCUT2D eigenvalue weighted by atomic mass is 127. The van der Waals surface area contributed by atoms with Crippen LogP contribution in [0.4, 0.5) is 5.82 Å². The van der Waals surface area contributed by atoms with E-state index in [2.05, 4.69) is 63.7 Å². The monoisotopic (exact) mass is 385 g/mol. The van der Waals surface area contributed by atoms with Crippen molar-refractivity contribution in [1.29, 1.82) is 0 Å². The Kier molecular flexibility index (Phi) is 5.33. The molecule has 0 radical (unpaired) electrons. The van der Waals surface area contributed by atoms with Crippen molar-refractivity contribution >= 4 is 28.4 Å². The Hall–Kier alpha value is -1.18. The zero-order valence-corrected chi connectivity index (χ0v) is 14.3. The van der Waals surface area contributed by atoms with Gasteiger partial charge in [0, 0.05) is 19.3 Å². The predicted octanol–water partition coefficient (Wildman–Crippen LogP) is 3.35. The summed E-state index contributed by atoms with van der Waals surface area (Å²) in [4.78, 5) is 9.32. The lowest BCUT2D eigenvalue weighted by molar-refractivity contribution is 0.660. The van der Waals surface area contributed by atoms with Crippen LogP contribution in [0, 0.1) is 3.57 Å². The normalized spacial score (nSPS) is 10.8. The summed E-state index contributed by atoms with van der Waals surface area (Å²) in [5.41, 5.74) is 2.05. The van der Waals surface area contributed by atoms with Crippen molar-refractivity contribution in [1.82, 2.24) is 19.7 Å². The van der Waals surface area contributed by atoms with E-state index in [4.69, 9.17) is 0 Å². The lowest BCUT2D eigenvalue weighted by Crippen LogP contribution is -2.08. The predicted molar refractivity (Wildman–Crippen MR) is 89.8 cm³/mol. The van der Waals surface area contributed by atoms with E-state index in [0.29, 0.717) is 0 Å². The Bertz CT molecular complexity index is 579. The average Bonchev–Trinajstić information content (AvgIpc) is 2.95. The number of nitrogens with one attached hydrogen (secondary N) is 1. The summed E-state index contributed by atoms with van der Waals surface area (Å²) in [7, 11) is 0. The standard InChI is InChI=1S/C14H20IN5/c1-4-7-16-14-12(15)11(5-2)18-13(19-14)10-8-17-20(6-3)9-10/h8-9H,4-7H2,1-3H3,(H,16,18,19). The number of anilines is 1. The molecule has 20 heavy (non-hydrogen) atoms. The second kappa shape index (κ2) is 7.01. The maximum atomic E-state index is 4.67. The van der Waals surface area contributed by atoms with E-state index in [0.717, 1.165) is 52.4 Å². The molecule has 0 atom stereocenters. The Morgan fingerprint density at radius 1 is 1.25 bits per heavy atom. The SMILES string of the molecule is CCCNc1nc(-c2cnn(CC)c2)nc(CC)c1I. The molecular weight excluding hydrogens is 365 g/mol. The first-order valence-electron chi connectivity index (χ1n) is 7.02. The summed E-state index contributed by atoms with van der Waals surface area (Å²) in [6.07, 6.45) is 5.79. The zero-order valence-electron chi connectivity index (χ0n) is 12.1. The van der Waals surface area contributed by atoms with Crippen molar-refractivity contribution in [3.63, 3.8) is 0 Å². The number of hydrogen-bond acceptors (Lipinski definition) is 4. The van der Waals surface area contributed by atoms with Crippen molar-refractivity contribution in [2.45, 2.75) is 40.2 Å². The molecule has 0 saturated heterocycles. The second-order valence-electron chi connectivity index (χ2n) is 4.52. The van der Waals surface area contributed by atoms with Gasteiger partial charge in [-0.05, 0) is 42.4 Å². The molecule has 2 rings (SSSR count). The van der Waals surface area contributed by atoms with Gasteiger partial charge in [-0.3, -0.25) is 4.68 Å². The highest BCUT2D eigenvalue weighted by Crippen LogP contribution is 2.24. The van der Waals surface area contributed by atoms with Gasteiger partial charge in [0.05, 0.1) is 21.0 Å². The van der Waals surface area contributed by atoms with Crippen molar-refractivity contribution < 1.29 is 0 Å². The minimum atomic E-state index is 0.751. The number of hydrogen-bond donors (Lipinski definition) is 1. The Morgan fingerprint density at radius 2 is 2.05 bits per heavy atom. The van der Waals surface area contributed by atoms with Crippen molar-refractivity contribution in [2.75, 3.05) is 11.9 Å². The molecule has 0 aliphatic carbocycles.